The quantitative estimate of drug-likeness (QED) is 0.796. The van der Waals surface area contributed by atoms with Gasteiger partial charge in [-0.15, -0.1) is 0 Å². The fourth-order valence-electron chi connectivity index (χ4n) is 2.30. The van der Waals surface area contributed by atoms with Crippen molar-refractivity contribution in [1.29, 1.82) is 0 Å². The molecule has 0 amide bonds. The van der Waals surface area contributed by atoms with E-state index in [0.29, 0.717) is 12.0 Å². The minimum atomic E-state index is 0.646. The number of aryl methyl sites for hydroxylation is 1. The number of rotatable bonds is 2. The molecule has 94 valence electrons. The van der Waals surface area contributed by atoms with Crippen LogP contribution in [0.5, 0.6) is 0 Å². The second kappa shape index (κ2) is 5.25. The van der Waals surface area contributed by atoms with E-state index < -0.39 is 0 Å². The van der Waals surface area contributed by atoms with Gasteiger partial charge in [-0.2, -0.15) is 4.73 Å². The van der Waals surface area contributed by atoms with Crippen LogP contribution in [0.2, 0.25) is 0 Å². The highest BCUT2D eigenvalue weighted by Gasteiger charge is 2.12. The zero-order valence-corrected chi connectivity index (χ0v) is 10.7. The lowest BCUT2D eigenvalue weighted by Gasteiger charge is -2.29. The summed E-state index contributed by atoms with van der Waals surface area (Å²) < 4.78 is 1.16. The summed E-state index contributed by atoms with van der Waals surface area (Å²) in [5.74, 6) is 0. The van der Waals surface area contributed by atoms with Gasteiger partial charge in [-0.3, -0.25) is 4.99 Å². The van der Waals surface area contributed by atoms with E-state index in [1.807, 2.05) is 26.0 Å². The van der Waals surface area contributed by atoms with Crippen molar-refractivity contribution in [3.05, 3.63) is 23.3 Å². The highest BCUT2D eigenvalue weighted by atomic mass is 16.5. The molecule has 0 spiro atoms. The first kappa shape index (κ1) is 12.0. The summed E-state index contributed by atoms with van der Waals surface area (Å²) in [6.45, 7) is 6.79. The molecule has 0 atom stereocenters. The fraction of sp³-hybridized carbons (Fsp3) is 0.615. The monoisotopic (exact) mass is 235 g/mol. The molecule has 4 heteroatoms. The first-order chi connectivity index (χ1) is 8.22. The molecule has 4 nitrogen and oxygen atoms in total. The van der Waals surface area contributed by atoms with Crippen molar-refractivity contribution in [2.24, 2.45) is 4.99 Å². The number of aromatic nitrogens is 1. The lowest BCUT2D eigenvalue weighted by atomic mass is 10.1. The minimum Gasteiger partial charge on any atom is -0.427 e. The molecule has 1 saturated heterocycles. The molecule has 2 rings (SSSR count). The predicted molar refractivity (Wildman–Crippen MR) is 68.5 cm³/mol. The second-order valence-electron chi connectivity index (χ2n) is 4.55. The van der Waals surface area contributed by atoms with E-state index >= 15 is 0 Å². The Labute approximate surface area is 102 Å². The van der Waals surface area contributed by atoms with E-state index in [4.69, 9.17) is 0 Å². The average Bonchev–Trinajstić information content (AvgIpc) is 2.36. The van der Waals surface area contributed by atoms with E-state index in [2.05, 4.69) is 9.89 Å². The van der Waals surface area contributed by atoms with Crippen LogP contribution in [0, 0.1) is 6.92 Å². The van der Waals surface area contributed by atoms with E-state index in [9.17, 15) is 5.21 Å². The zero-order chi connectivity index (χ0) is 12.3. The number of hydrogen-bond acceptors (Lipinski definition) is 3. The van der Waals surface area contributed by atoms with Gasteiger partial charge in [0.05, 0.1) is 5.69 Å². The lowest BCUT2D eigenvalue weighted by molar-refractivity contribution is 0.165. The molecule has 1 aliphatic rings. The first-order valence-corrected chi connectivity index (χ1v) is 6.40. The van der Waals surface area contributed by atoms with Gasteiger partial charge in [0.25, 0.3) is 0 Å². The predicted octanol–water partition coefficient (Wildman–Crippen LogP) is 1.94. The van der Waals surface area contributed by atoms with Crippen molar-refractivity contribution in [1.82, 2.24) is 4.73 Å². The second-order valence-corrected chi connectivity index (χ2v) is 4.55. The third kappa shape index (κ3) is 2.62. The van der Waals surface area contributed by atoms with Gasteiger partial charge < -0.3 is 10.1 Å². The van der Waals surface area contributed by atoms with Gasteiger partial charge >= 0.3 is 0 Å². The van der Waals surface area contributed by atoms with Crippen LogP contribution >= 0.6 is 0 Å². The van der Waals surface area contributed by atoms with Gasteiger partial charge in [-0.05, 0) is 39.2 Å². The Kier molecular flexibility index (Phi) is 3.71. The summed E-state index contributed by atoms with van der Waals surface area (Å²) in [6.07, 6.45) is 3.84. The molecule has 0 aromatic carbocycles. The Bertz CT molecular complexity index is 444. The fourth-order valence-corrected chi connectivity index (χ4v) is 2.30. The van der Waals surface area contributed by atoms with Crippen LogP contribution < -0.4 is 10.4 Å². The Morgan fingerprint density at radius 2 is 1.94 bits per heavy atom. The first-order valence-electron chi connectivity index (χ1n) is 6.40. The molecule has 0 unspecified atom stereocenters. The van der Waals surface area contributed by atoms with Crippen LogP contribution in [0.4, 0.5) is 5.69 Å². The molecule has 1 aromatic rings. The third-order valence-electron chi connectivity index (χ3n) is 3.23. The summed E-state index contributed by atoms with van der Waals surface area (Å²) >= 11 is 0. The van der Waals surface area contributed by atoms with Crippen molar-refractivity contribution < 1.29 is 5.21 Å². The number of pyridine rings is 1. The van der Waals surface area contributed by atoms with E-state index in [1.165, 1.54) is 24.9 Å². The highest BCUT2D eigenvalue weighted by Crippen LogP contribution is 2.18. The van der Waals surface area contributed by atoms with Gasteiger partial charge in [0.1, 0.15) is 0 Å². The molecule has 1 aliphatic heterocycles. The molecule has 1 fully saturated rings. The normalized spacial score (nSPS) is 17.5. The Hall–Kier alpha value is -1.45. The van der Waals surface area contributed by atoms with Gasteiger partial charge in [-0.25, -0.2) is 0 Å². The SMILES string of the molecule is CCN=c1cc(N2CCCCC2)cc(C)n1O. The van der Waals surface area contributed by atoms with Crippen molar-refractivity contribution in [3.63, 3.8) is 0 Å². The number of anilines is 1. The molecule has 0 saturated carbocycles. The van der Waals surface area contributed by atoms with Crippen LogP contribution in [0.3, 0.4) is 0 Å². The Morgan fingerprint density at radius 1 is 1.24 bits per heavy atom. The van der Waals surface area contributed by atoms with Crippen molar-refractivity contribution >= 4 is 5.69 Å². The minimum absolute atomic E-state index is 0.646. The van der Waals surface area contributed by atoms with Crippen molar-refractivity contribution in [2.75, 3.05) is 24.5 Å². The van der Waals surface area contributed by atoms with E-state index in [0.717, 1.165) is 23.5 Å². The molecule has 17 heavy (non-hydrogen) atoms. The van der Waals surface area contributed by atoms with Crippen molar-refractivity contribution in [3.8, 4) is 0 Å². The van der Waals surface area contributed by atoms with Crippen LogP contribution in [0.25, 0.3) is 0 Å². The summed E-state index contributed by atoms with van der Waals surface area (Å²) in [5.41, 5.74) is 2.66. The number of piperidine rings is 1. The summed E-state index contributed by atoms with van der Waals surface area (Å²) in [4.78, 5) is 6.69. The Balaban J connectivity index is 2.38. The lowest BCUT2D eigenvalue weighted by Crippen LogP contribution is -2.32. The van der Waals surface area contributed by atoms with Crippen LogP contribution in [0.1, 0.15) is 31.9 Å². The van der Waals surface area contributed by atoms with E-state index in [1.54, 1.807) is 0 Å². The molecule has 0 aliphatic carbocycles. The maximum absolute atomic E-state index is 9.86. The molecule has 1 N–H and O–H groups in total. The maximum Gasteiger partial charge on any atom is 0.165 e. The molecule has 1 aromatic heterocycles. The molecule has 2 heterocycles. The number of hydrogen-bond donors (Lipinski definition) is 1. The van der Waals surface area contributed by atoms with Gasteiger partial charge in [-0.1, -0.05) is 0 Å². The summed E-state index contributed by atoms with van der Waals surface area (Å²) in [6, 6.07) is 4.00. The molecular formula is C13H21N3O. The van der Waals surface area contributed by atoms with Crippen LogP contribution in [-0.2, 0) is 0 Å². The van der Waals surface area contributed by atoms with Gasteiger partial charge in [0, 0.05) is 31.4 Å². The Morgan fingerprint density at radius 3 is 2.59 bits per heavy atom. The smallest absolute Gasteiger partial charge is 0.165 e. The van der Waals surface area contributed by atoms with Crippen LogP contribution in [0.15, 0.2) is 17.1 Å². The maximum atomic E-state index is 9.86. The largest absolute Gasteiger partial charge is 0.427 e. The van der Waals surface area contributed by atoms with Crippen LogP contribution in [-0.4, -0.2) is 29.6 Å². The topological polar surface area (TPSA) is 40.8 Å². The average molecular weight is 235 g/mol. The summed E-state index contributed by atoms with van der Waals surface area (Å²) in [7, 11) is 0. The van der Waals surface area contributed by atoms with Crippen molar-refractivity contribution in [2.45, 2.75) is 33.1 Å². The molecule has 0 radical (unpaired) electrons. The summed E-state index contributed by atoms with van der Waals surface area (Å²) in [5, 5.41) is 9.86. The number of nitrogens with zero attached hydrogens (tertiary/aromatic N) is 3. The molecule has 0 bridgehead atoms. The zero-order valence-electron chi connectivity index (χ0n) is 10.7. The van der Waals surface area contributed by atoms with Gasteiger partial charge in [0.2, 0.25) is 0 Å². The molecular weight excluding hydrogens is 214 g/mol. The third-order valence-corrected chi connectivity index (χ3v) is 3.23. The van der Waals surface area contributed by atoms with E-state index in [-0.39, 0.29) is 0 Å². The standard InChI is InChI=1S/C13H21N3O/c1-3-14-13-10-12(9-11(2)16(13)17)15-7-5-4-6-8-15/h9-10,17H,3-8H2,1-2H3. The highest BCUT2D eigenvalue weighted by molar-refractivity contribution is 5.46. The van der Waals surface area contributed by atoms with Gasteiger partial charge in [0.15, 0.2) is 5.49 Å².